The van der Waals surface area contributed by atoms with E-state index in [2.05, 4.69) is 10.3 Å². The van der Waals surface area contributed by atoms with Crippen molar-refractivity contribution >= 4 is 28.4 Å². The summed E-state index contributed by atoms with van der Waals surface area (Å²) in [7, 11) is 1.63. The lowest BCUT2D eigenvalue weighted by atomic mass is 10.1. The first-order valence-corrected chi connectivity index (χ1v) is 7.65. The third-order valence-corrected chi connectivity index (χ3v) is 4.09. The summed E-state index contributed by atoms with van der Waals surface area (Å²) in [5.41, 5.74) is 3.38. The predicted octanol–water partition coefficient (Wildman–Crippen LogP) is 4.07. The molecule has 1 aromatic heterocycles. The maximum atomic E-state index is 12.4. The number of hydrogen-bond acceptors (Lipinski definition) is 2. The Labute approximate surface area is 139 Å². The van der Waals surface area contributed by atoms with Crippen LogP contribution in [0.25, 0.3) is 10.9 Å². The van der Waals surface area contributed by atoms with Gasteiger partial charge in [-0.05, 0) is 48.4 Å². The number of fused-ring (bicyclic) bond motifs is 1. The average Bonchev–Trinajstić information content (AvgIpc) is 2.90. The molecule has 0 aliphatic rings. The highest BCUT2D eigenvalue weighted by molar-refractivity contribution is 6.31. The van der Waals surface area contributed by atoms with Gasteiger partial charge in [0.05, 0.1) is 7.11 Å². The van der Waals surface area contributed by atoms with Crippen LogP contribution in [-0.4, -0.2) is 18.0 Å². The van der Waals surface area contributed by atoms with Crippen molar-refractivity contribution in [3.63, 3.8) is 0 Å². The number of carbonyl (C=O) groups is 1. The highest BCUT2D eigenvalue weighted by Gasteiger charge is 2.14. The number of aromatic amines is 1. The van der Waals surface area contributed by atoms with Gasteiger partial charge in [-0.3, -0.25) is 4.79 Å². The summed E-state index contributed by atoms with van der Waals surface area (Å²) in [5.74, 6) is 0.661. The Morgan fingerprint density at radius 3 is 2.65 bits per heavy atom. The molecule has 0 atom stereocenters. The van der Waals surface area contributed by atoms with Gasteiger partial charge < -0.3 is 15.0 Å². The molecule has 0 aliphatic heterocycles. The summed E-state index contributed by atoms with van der Waals surface area (Å²) in [4.78, 5) is 15.6. The zero-order valence-corrected chi connectivity index (χ0v) is 13.7. The number of amides is 1. The van der Waals surface area contributed by atoms with Crippen molar-refractivity contribution in [2.75, 3.05) is 7.11 Å². The third-order valence-electron chi connectivity index (χ3n) is 3.86. The van der Waals surface area contributed by atoms with Crippen LogP contribution in [0.5, 0.6) is 5.75 Å². The summed E-state index contributed by atoms with van der Waals surface area (Å²) >= 11 is 6.02. The van der Waals surface area contributed by atoms with E-state index in [-0.39, 0.29) is 5.91 Å². The molecule has 2 aromatic carbocycles. The van der Waals surface area contributed by atoms with Crippen LogP contribution in [0, 0.1) is 6.92 Å². The molecule has 3 aromatic rings. The molecule has 2 N–H and O–H groups in total. The van der Waals surface area contributed by atoms with E-state index < -0.39 is 0 Å². The van der Waals surface area contributed by atoms with Gasteiger partial charge in [0.25, 0.3) is 5.91 Å². The zero-order valence-electron chi connectivity index (χ0n) is 12.9. The largest absolute Gasteiger partial charge is 0.497 e. The van der Waals surface area contributed by atoms with Gasteiger partial charge in [0.1, 0.15) is 11.4 Å². The molecule has 1 heterocycles. The van der Waals surface area contributed by atoms with Crippen LogP contribution < -0.4 is 10.1 Å². The molecule has 0 unspecified atom stereocenters. The molecular weight excluding hydrogens is 312 g/mol. The molecule has 0 radical (unpaired) electrons. The number of H-pyrrole nitrogens is 1. The number of nitrogens with one attached hydrogen (secondary N) is 2. The lowest BCUT2D eigenvalue weighted by molar-refractivity contribution is 0.0946. The van der Waals surface area contributed by atoms with Crippen LogP contribution in [0.15, 0.2) is 42.5 Å². The van der Waals surface area contributed by atoms with Gasteiger partial charge in [-0.15, -0.1) is 0 Å². The fraction of sp³-hybridized carbons (Fsp3) is 0.167. The van der Waals surface area contributed by atoms with E-state index in [1.807, 2.05) is 43.3 Å². The van der Waals surface area contributed by atoms with E-state index >= 15 is 0 Å². The van der Waals surface area contributed by atoms with E-state index in [1.54, 1.807) is 13.2 Å². The minimum Gasteiger partial charge on any atom is -0.497 e. The number of ether oxygens (including phenoxy) is 1. The van der Waals surface area contributed by atoms with Gasteiger partial charge in [0.15, 0.2) is 0 Å². The number of aromatic nitrogens is 1. The maximum Gasteiger partial charge on any atom is 0.268 e. The molecule has 0 fully saturated rings. The lowest BCUT2D eigenvalue weighted by Crippen LogP contribution is -2.23. The van der Waals surface area contributed by atoms with E-state index in [0.29, 0.717) is 17.3 Å². The van der Waals surface area contributed by atoms with Crippen molar-refractivity contribution in [3.05, 3.63) is 64.3 Å². The van der Waals surface area contributed by atoms with Crippen LogP contribution >= 0.6 is 11.6 Å². The van der Waals surface area contributed by atoms with Crippen molar-refractivity contribution in [1.82, 2.24) is 10.3 Å². The first-order valence-electron chi connectivity index (χ1n) is 7.27. The molecule has 118 valence electrons. The molecule has 0 saturated carbocycles. The molecule has 23 heavy (non-hydrogen) atoms. The molecule has 5 heteroatoms. The number of hydrogen-bond donors (Lipinski definition) is 2. The van der Waals surface area contributed by atoms with Gasteiger partial charge in [-0.1, -0.05) is 23.7 Å². The fourth-order valence-electron chi connectivity index (χ4n) is 2.54. The number of halogens is 1. The summed E-state index contributed by atoms with van der Waals surface area (Å²) in [6.07, 6.45) is 0. The molecular formula is C18H17ClN2O2. The highest BCUT2D eigenvalue weighted by atomic mass is 35.5. The van der Waals surface area contributed by atoms with Gasteiger partial charge in [-0.2, -0.15) is 0 Å². The van der Waals surface area contributed by atoms with Crippen LogP contribution in [0.2, 0.25) is 5.02 Å². The SMILES string of the molecule is COc1ccc(CNC(=O)c2[nH]c3ccc(Cl)cc3c2C)cc1. The van der Waals surface area contributed by atoms with Gasteiger partial charge in [0, 0.05) is 22.5 Å². The zero-order chi connectivity index (χ0) is 16.4. The second-order valence-corrected chi connectivity index (χ2v) is 5.78. The Bertz CT molecular complexity index is 853. The minimum atomic E-state index is -0.134. The summed E-state index contributed by atoms with van der Waals surface area (Å²) < 4.78 is 5.12. The number of rotatable bonds is 4. The van der Waals surface area contributed by atoms with Gasteiger partial charge >= 0.3 is 0 Å². The van der Waals surface area contributed by atoms with Crippen LogP contribution in [0.4, 0.5) is 0 Å². The van der Waals surface area contributed by atoms with Crippen molar-refractivity contribution in [2.24, 2.45) is 0 Å². The molecule has 0 saturated heterocycles. The molecule has 4 nitrogen and oxygen atoms in total. The number of benzene rings is 2. The molecule has 0 aliphatic carbocycles. The van der Waals surface area contributed by atoms with Crippen molar-refractivity contribution < 1.29 is 9.53 Å². The Balaban J connectivity index is 1.76. The maximum absolute atomic E-state index is 12.4. The Morgan fingerprint density at radius 2 is 1.96 bits per heavy atom. The number of aryl methyl sites for hydroxylation is 1. The molecule has 1 amide bonds. The second kappa shape index (κ2) is 6.34. The Hall–Kier alpha value is -2.46. The summed E-state index contributed by atoms with van der Waals surface area (Å²) in [5, 5.41) is 4.55. The average molecular weight is 329 g/mol. The van der Waals surface area contributed by atoms with Crippen molar-refractivity contribution in [1.29, 1.82) is 0 Å². The molecule has 0 spiro atoms. The summed E-state index contributed by atoms with van der Waals surface area (Å²) in [6.45, 7) is 2.37. The third kappa shape index (κ3) is 3.17. The van der Waals surface area contributed by atoms with Gasteiger partial charge in [-0.25, -0.2) is 0 Å². The van der Waals surface area contributed by atoms with E-state index in [1.165, 1.54) is 0 Å². The lowest BCUT2D eigenvalue weighted by Gasteiger charge is -2.06. The normalized spacial score (nSPS) is 10.7. The number of carbonyl (C=O) groups excluding carboxylic acids is 1. The van der Waals surface area contributed by atoms with Crippen LogP contribution in [-0.2, 0) is 6.54 Å². The quantitative estimate of drug-likeness (QED) is 0.758. The van der Waals surface area contributed by atoms with Crippen LogP contribution in [0.3, 0.4) is 0 Å². The number of methoxy groups -OCH3 is 1. The first-order chi connectivity index (χ1) is 11.1. The highest BCUT2D eigenvalue weighted by Crippen LogP contribution is 2.25. The topological polar surface area (TPSA) is 54.1 Å². The predicted molar refractivity (Wildman–Crippen MR) is 92.2 cm³/mol. The van der Waals surface area contributed by atoms with Crippen molar-refractivity contribution in [3.8, 4) is 5.75 Å². The van der Waals surface area contributed by atoms with Crippen LogP contribution in [0.1, 0.15) is 21.6 Å². The fourth-order valence-corrected chi connectivity index (χ4v) is 2.71. The van der Waals surface area contributed by atoms with Crippen molar-refractivity contribution in [2.45, 2.75) is 13.5 Å². The monoisotopic (exact) mass is 328 g/mol. The minimum absolute atomic E-state index is 0.134. The van der Waals surface area contributed by atoms with E-state index in [0.717, 1.165) is 27.8 Å². The van der Waals surface area contributed by atoms with Gasteiger partial charge in [0.2, 0.25) is 0 Å². The Morgan fingerprint density at radius 1 is 1.22 bits per heavy atom. The molecule has 0 bridgehead atoms. The van der Waals surface area contributed by atoms with E-state index in [9.17, 15) is 4.79 Å². The van der Waals surface area contributed by atoms with E-state index in [4.69, 9.17) is 16.3 Å². The Kier molecular flexibility index (Phi) is 4.26. The summed E-state index contributed by atoms with van der Waals surface area (Å²) in [6, 6.07) is 13.1. The first kappa shape index (κ1) is 15.4. The smallest absolute Gasteiger partial charge is 0.268 e. The molecule has 3 rings (SSSR count). The second-order valence-electron chi connectivity index (χ2n) is 5.35. The standard InChI is InChI=1S/C18H17ClN2O2/c1-11-15-9-13(19)5-8-16(15)21-17(11)18(22)20-10-12-3-6-14(23-2)7-4-12/h3-9,21H,10H2,1-2H3,(H,20,22).